The first-order chi connectivity index (χ1) is 17.4. The Bertz CT molecular complexity index is 1220. The van der Waals surface area contributed by atoms with Crippen molar-refractivity contribution in [3.63, 3.8) is 0 Å². The number of carbonyl (C=O) groups excluding carboxylic acids is 2. The number of nitrogens with zero attached hydrogens (tertiary/aromatic N) is 2. The number of primary amides is 1. The highest BCUT2D eigenvalue weighted by Gasteiger charge is 2.24. The molecule has 0 bridgehead atoms. The fraction of sp³-hybridized carbons (Fsp3) is 0.259. The van der Waals surface area contributed by atoms with Gasteiger partial charge in [0.25, 0.3) is 5.91 Å². The first-order valence-electron chi connectivity index (χ1n) is 11.7. The number of ether oxygens (including phenoxy) is 2. The van der Waals surface area contributed by atoms with Gasteiger partial charge in [-0.05, 0) is 85.0 Å². The second kappa shape index (κ2) is 11.5. The number of halogens is 1. The molecule has 3 aromatic rings. The van der Waals surface area contributed by atoms with Crippen molar-refractivity contribution in [1.82, 2.24) is 9.96 Å². The Morgan fingerprint density at radius 1 is 1.06 bits per heavy atom. The van der Waals surface area contributed by atoms with Crippen LogP contribution >= 0.6 is 0 Å². The van der Waals surface area contributed by atoms with Gasteiger partial charge in [-0.25, -0.2) is 14.2 Å². The molecule has 8 nitrogen and oxygen atoms in total. The molecule has 4 rings (SSSR count). The molecular weight excluding hydrogens is 465 g/mol. The normalized spacial score (nSPS) is 12.7. The topological polar surface area (TPSA) is 105 Å². The summed E-state index contributed by atoms with van der Waals surface area (Å²) >= 11 is 0. The van der Waals surface area contributed by atoms with Crippen molar-refractivity contribution in [2.75, 3.05) is 26.2 Å². The summed E-state index contributed by atoms with van der Waals surface area (Å²) in [6.07, 6.45) is 2.31. The molecule has 0 radical (unpaired) electrons. The zero-order valence-electron chi connectivity index (χ0n) is 19.7. The Hall–Kier alpha value is -4.11. The van der Waals surface area contributed by atoms with Gasteiger partial charge in [0.2, 0.25) is 0 Å². The zero-order chi connectivity index (χ0) is 25.5. The van der Waals surface area contributed by atoms with Gasteiger partial charge in [0.1, 0.15) is 29.7 Å². The van der Waals surface area contributed by atoms with Crippen molar-refractivity contribution in [2.45, 2.75) is 19.3 Å². The molecule has 36 heavy (non-hydrogen) atoms. The predicted molar refractivity (Wildman–Crippen MR) is 131 cm³/mol. The highest BCUT2D eigenvalue weighted by Crippen LogP contribution is 2.25. The van der Waals surface area contributed by atoms with Crippen molar-refractivity contribution in [1.29, 1.82) is 0 Å². The third-order valence-electron chi connectivity index (χ3n) is 5.91. The maximum Gasteiger partial charge on any atom is 0.338 e. The maximum atomic E-state index is 13.1. The Kier molecular flexibility index (Phi) is 8.02. The van der Waals surface area contributed by atoms with E-state index in [0.717, 1.165) is 24.0 Å². The maximum absolute atomic E-state index is 13.1. The van der Waals surface area contributed by atoms with Crippen molar-refractivity contribution in [3.8, 4) is 17.2 Å². The molecule has 188 valence electrons. The minimum Gasteiger partial charge on any atom is -0.492 e. The number of amides is 3. The van der Waals surface area contributed by atoms with Gasteiger partial charge in [-0.15, -0.1) is 0 Å². The molecule has 0 saturated carbocycles. The molecule has 0 spiro atoms. The molecule has 1 heterocycles. The number of hydrogen-bond donors (Lipinski definition) is 2. The van der Waals surface area contributed by atoms with Gasteiger partial charge in [0.15, 0.2) is 0 Å². The number of hydrogen-bond acceptors (Lipinski definition) is 5. The lowest BCUT2D eigenvalue weighted by atomic mass is 9.98. The van der Waals surface area contributed by atoms with Crippen LogP contribution in [0.1, 0.15) is 27.9 Å². The third kappa shape index (κ3) is 6.51. The monoisotopic (exact) mass is 493 g/mol. The predicted octanol–water partition coefficient (Wildman–Crippen LogP) is 4.40. The van der Waals surface area contributed by atoms with Gasteiger partial charge in [-0.1, -0.05) is 12.1 Å². The molecule has 3 amide bonds. The number of aryl methyl sites for hydroxylation is 1. The Labute approximate surface area is 208 Å². The molecule has 1 aliphatic heterocycles. The molecule has 3 aromatic carbocycles. The van der Waals surface area contributed by atoms with Gasteiger partial charge >= 0.3 is 6.03 Å². The largest absolute Gasteiger partial charge is 0.492 e. The van der Waals surface area contributed by atoms with Crippen molar-refractivity contribution >= 4 is 11.9 Å². The smallest absolute Gasteiger partial charge is 0.338 e. The number of carbonyl (C=O) groups is 2. The van der Waals surface area contributed by atoms with E-state index >= 15 is 0 Å². The Balaban J connectivity index is 1.27. The van der Waals surface area contributed by atoms with E-state index in [1.165, 1.54) is 12.1 Å². The molecule has 0 aliphatic carbocycles. The molecule has 0 saturated heterocycles. The van der Waals surface area contributed by atoms with E-state index in [9.17, 15) is 19.2 Å². The van der Waals surface area contributed by atoms with Crippen LogP contribution in [0, 0.1) is 5.82 Å². The number of nitrogens with two attached hydrogens (primary N) is 1. The molecular formula is C27H28FN3O5. The van der Waals surface area contributed by atoms with Gasteiger partial charge in [-0.3, -0.25) is 10.0 Å². The molecule has 0 unspecified atom stereocenters. The molecule has 1 aliphatic rings. The number of benzene rings is 3. The standard InChI is InChI=1S/C27H28FN3O5/c28-21-6-8-22(9-7-21)36-24-5-1-3-19(17-24)4-2-13-30-14-12-20-18-23(10-11-25(20)26(30)32)35-16-15-31(34)27(29)33/h1,3,5-11,17-18,34H,2,4,12-16H2,(H2,29,33). The van der Waals surface area contributed by atoms with Gasteiger partial charge in [0.05, 0.1) is 6.54 Å². The lowest BCUT2D eigenvalue weighted by molar-refractivity contribution is -0.0464. The summed E-state index contributed by atoms with van der Waals surface area (Å²) in [4.78, 5) is 25.7. The average molecular weight is 494 g/mol. The first kappa shape index (κ1) is 25.0. The Morgan fingerprint density at radius 2 is 1.83 bits per heavy atom. The molecule has 3 N–H and O–H groups in total. The van der Waals surface area contributed by atoms with E-state index in [0.29, 0.717) is 47.4 Å². The number of rotatable bonds is 10. The highest BCUT2D eigenvalue weighted by atomic mass is 19.1. The van der Waals surface area contributed by atoms with E-state index in [2.05, 4.69) is 0 Å². The van der Waals surface area contributed by atoms with Crippen LogP contribution in [0.4, 0.5) is 9.18 Å². The first-order valence-corrected chi connectivity index (χ1v) is 11.7. The SMILES string of the molecule is NC(=O)N(O)CCOc1ccc2c(c1)CCN(CCCc1cccc(Oc3ccc(F)cc3)c1)C2=O. The highest BCUT2D eigenvalue weighted by molar-refractivity contribution is 5.97. The van der Waals surface area contributed by atoms with Crippen molar-refractivity contribution in [2.24, 2.45) is 5.73 Å². The third-order valence-corrected chi connectivity index (χ3v) is 5.91. The average Bonchev–Trinajstić information content (AvgIpc) is 2.87. The van der Waals surface area contributed by atoms with Crippen LogP contribution < -0.4 is 15.2 Å². The molecule has 0 aromatic heterocycles. The quantitative estimate of drug-likeness (QED) is 0.322. The number of fused-ring (bicyclic) bond motifs is 1. The fourth-order valence-electron chi connectivity index (χ4n) is 4.05. The van der Waals surface area contributed by atoms with Crippen LogP contribution in [0.15, 0.2) is 66.7 Å². The number of hydroxylamine groups is 2. The van der Waals surface area contributed by atoms with Gasteiger partial charge in [-0.2, -0.15) is 0 Å². The summed E-state index contributed by atoms with van der Waals surface area (Å²) in [5, 5.41) is 9.68. The Morgan fingerprint density at radius 3 is 2.61 bits per heavy atom. The van der Waals surface area contributed by atoms with Gasteiger partial charge in [0, 0.05) is 18.7 Å². The van der Waals surface area contributed by atoms with Gasteiger partial charge < -0.3 is 20.1 Å². The summed E-state index contributed by atoms with van der Waals surface area (Å²) in [7, 11) is 0. The zero-order valence-corrected chi connectivity index (χ0v) is 19.7. The van der Waals surface area contributed by atoms with Crippen LogP contribution in [0.3, 0.4) is 0 Å². The van der Waals surface area contributed by atoms with E-state index < -0.39 is 6.03 Å². The minimum absolute atomic E-state index is 0.00791. The van der Waals surface area contributed by atoms with Crippen LogP contribution in [-0.4, -0.2) is 53.3 Å². The summed E-state index contributed by atoms with van der Waals surface area (Å²) in [5.41, 5.74) is 7.63. The van der Waals surface area contributed by atoms with Crippen molar-refractivity contribution in [3.05, 3.63) is 89.2 Å². The second-order valence-corrected chi connectivity index (χ2v) is 8.48. The van der Waals surface area contributed by atoms with Crippen LogP contribution in [-0.2, 0) is 12.8 Å². The summed E-state index contributed by atoms with van der Waals surface area (Å²) < 4.78 is 24.5. The summed E-state index contributed by atoms with van der Waals surface area (Å²) in [6.45, 7) is 1.28. The van der Waals surface area contributed by atoms with Crippen LogP contribution in [0.25, 0.3) is 0 Å². The van der Waals surface area contributed by atoms with E-state index in [4.69, 9.17) is 15.2 Å². The number of urea groups is 1. The van der Waals surface area contributed by atoms with Crippen LogP contribution in [0.5, 0.6) is 17.2 Å². The van der Waals surface area contributed by atoms with Crippen molar-refractivity contribution < 1.29 is 28.7 Å². The lowest BCUT2D eigenvalue weighted by Gasteiger charge is -2.29. The molecule has 9 heteroatoms. The van der Waals surface area contributed by atoms with E-state index in [-0.39, 0.29) is 24.9 Å². The minimum atomic E-state index is -0.944. The molecule has 0 fully saturated rings. The summed E-state index contributed by atoms with van der Waals surface area (Å²) in [6, 6.07) is 18.0. The van der Waals surface area contributed by atoms with Crippen LogP contribution in [0.2, 0.25) is 0 Å². The van der Waals surface area contributed by atoms with E-state index in [1.54, 1.807) is 24.3 Å². The lowest BCUT2D eigenvalue weighted by Crippen LogP contribution is -2.38. The molecule has 0 atom stereocenters. The van der Waals surface area contributed by atoms with E-state index in [1.807, 2.05) is 35.2 Å². The second-order valence-electron chi connectivity index (χ2n) is 8.48. The fourth-order valence-corrected chi connectivity index (χ4v) is 4.05. The summed E-state index contributed by atoms with van der Waals surface area (Å²) in [5.74, 6) is 1.50.